The molecular weight excluding hydrogens is 228 g/mol. The lowest BCUT2D eigenvalue weighted by Crippen LogP contribution is -2.00. The van der Waals surface area contributed by atoms with Crippen molar-refractivity contribution in [1.82, 2.24) is 0 Å². The van der Waals surface area contributed by atoms with Crippen LogP contribution in [0.5, 0.6) is 0 Å². The lowest BCUT2D eigenvalue weighted by Gasteiger charge is -2.14. The fraction of sp³-hybridized carbons (Fsp3) is 0.125. The lowest BCUT2D eigenvalue weighted by molar-refractivity contribution is 0.989. The summed E-state index contributed by atoms with van der Waals surface area (Å²) < 4.78 is 0. The van der Waals surface area contributed by atoms with Crippen LogP contribution in [0.1, 0.15) is 17.0 Å². The van der Waals surface area contributed by atoms with E-state index in [1.165, 1.54) is 22.3 Å². The quantitative estimate of drug-likeness (QED) is 0.532. The summed E-state index contributed by atoms with van der Waals surface area (Å²) in [7, 11) is 0. The molecule has 1 aliphatic carbocycles. The maximum absolute atomic E-state index is 5.97. The van der Waals surface area contributed by atoms with Crippen molar-refractivity contribution in [2.45, 2.75) is 5.92 Å². The third kappa shape index (κ3) is 1.52. The summed E-state index contributed by atoms with van der Waals surface area (Å²) in [6, 6.07) is 17.0. The maximum atomic E-state index is 5.97. The van der Waals surface area contributed by atoms with Gasteiger partial charge >= 0.3 is 0 Å². The van der Waals surface area contributed by atoms with E-state index in [0.29, 0.717) is 5.88 Å². The van der Waals surface area contributed by atoms with E-state index >= 15 is 0 Å². The Hall–Kier alpha value is -1.53. The van der Waals surface area contributed by atoms with Gasteiger partial charge in [0.15, 0.2) is 0 Å². The Balaban J connectivity index is 2.27. The average molecular weight is 241 g/mol. The Bertz CT molecular complexity index is 538. The molecule has 0 atom stereocenters. The van der Waals surface area contributed by atoms with Crippen LogP contribution in [0.15, 0.2) is 60.7 Å². The van der Waals surface area contributed by atoms with Crippen molar-refractivity contribution >= 4 is 11.6 Å². The summed E-state index contributed by atoms with van der Waals surface area (Å²) in [4.78, 5) is 0. The normalized spacial score (nSPS) is 13.2. The second-order valence-corrected chi connectivity index (χ2v) is 4.67. The minimum Gasteiger partial charge on any atom is -0.122 e. The van der Waals surface area contributed by atoms with Crippen LogP contribution in [0.2, 0.25) is 0 Å². The van der Waals surface area contributed by atoms with E-state index in [9.17, 15) is 0 Å². The Morgan fingerprint density at radius 2 is 1.41 bits per heavy atom. The highest BCUT2D eigenvalue weighted by atomic mass is 35.5. The van der Waals surface area contributed by atoms with Crippen LogP contribution in [-0.4, -0.2) is 5.88 Å². The number of halogens is 1. The molecule has 2 aromatic carbocycles. The van der Waals surface area contributed by atoms with Crippen LogP contribution >= 0.6 is 11.6 Å². The smallest absolute Gasteiger partial charge is 0.0440 e. The molecule has 0 saturated heterocycles. The third-order valence-electron chi connectivity index (χ3n) is 3.41. The first-order valence-electron chi connectivity index (χ1n) is 5.75. The monoisotopic (exact) mass is 240 g/mol. The minimum absolute atomic E-state index is 0.264. The molecule has 0 fully saturated rings. The highest BCUT2D eigenvalue weighted by molar-refractivity contribution is 6.19. The minimum atomic E-state index is 0.264. The summed E-state index contributed by atoms with van der Waals surface area (Å²) in [6.07, 6.45) is 0. The first-order valence-corrected chi connectivity index (χ1v) is 6.28. The number of rotatable bonds is 2. The van der Waals surface area contributed by atoms with E-state index in [2.05, 4.69) is 55.1 Å². The molecule has 0 amide bonds. The summed E-state index contributed by atoms with van der Waals surface area (Å²) in [6.45, 7) is 4.12. The lowest BCUT2D eigenvalue weighted by atomic mass is 9.91. The van der Waals surface area contributed by atoms with Gasteiger partial charge in [0.05, 0.1) is 0 Å². The van der Waals surface area contributed by atoms with Crippen molar-refractivity contribution in [2.75, 3.05) is 5.88 Å². The predicted octanol–water partition coefficient (Wildman–Crippen LogP) is 4.59. The Morgan fingerprint density at radius 1 is 0.941 bits per heavy atom. The van der Waals surface area contributed by atoms with Gasteiger partial charge in [0.1, 0.15) is 0 Å². The maximum Gasteiger partial charge on any atom is 0.0440 e. The molecule has 2 aromatic rings. The Kier molecular flexibility index (Phi) is 2.53. The molecule has 0 N–H and O–H groups in total. The van der Waals surface area contributed by atoms with Gasteiger partial charge in [-0.25, -0.2) is 0 Å². The Labute approximate surface area is 107 Å². The first-order chi connectivity index (χ1) is 8.33. The molecule has 0 heterocycles. The van der Waals surface area contributed by atoms with Crippen LogP contribution in [0.4, 0.5) is 0 Å². The highest BCUT2D eigenvalue weighted by Gasteiger charge is 2.29. The van der Waals surface area contributed by atoms with Gasteiger partial charge in [-0.3, -0.25) is 0 Å². The molecule has 1 heteroatoms. The number of benzene rings is 2. The fourth-order valence-corrected chi connectivity index (χ4v) is 2.83. The number of alkyl halides is 1. The van der Waals surface area contributed by atoms with Gasteiger partial charge in [0, 0.05) is 11.8 Å². The van der Waals surface area contributed by atoms with Crippen molar-refractivity contribution in [1.29, 1.82) is 0 Å². The topological polar surface area (TPSA) is 0 Å². The number of allylic oxidation sites excluding steroid dienone is 1. The van der Waals surface area contributed by atoms with Crippen LogP contribution < -0.4 is 0 Å². The molecular formula is C16H13Cl. The summed E-state index contributed by atoms with van der Waals surface area (Å²) >= 11 is 5.97. The average Bonchev–Trinajstić information content (AvgIpc) is 2.72. The Morgan fingerprint density at radius 3 is 1.88 bits per heavy atom. The van der Waals surface area contributed by atoms with Crippen molar-refractivity contribution in [3.05, 3.63) is 71.8 Å². The summed E-state index contributed by atoms with van der Waals surface area (Å²) in [5.41, 5.74) is 6.38. The van der Waals surface area contributed by atoms with Crippen LogP contribution in [0.25, 0.3) is 11.1 Å². The molecule has 0 radical (unpaired) electrons. The van der Waals surface area contributed by atoms with E-state index in [4.69, 9.17) is 11.6 Å². The largest absolute Gasteiger partial charge is 0.122 e. The SMILES string of the molecule is C=C(CCl)C1c2ccccc2-c2ccccc21. The van der Waals surface area contributed by atoms with Gasteiger partial charge in [0.25, 0.3) is 0 Å². The predicted molar refractivity (Wildman–Crippen MR) is 73.6 cm³/mol. The standard InChI is InChI=1S/C16H13Cl/c1-11(10-17)16-14-8-4-2-6-12(14)13-7-3-5-9-15(13)16/h2-9,16H,1,10H2. The molecule has 84 valence electrons. The van der Waals surface area contributed by atoms with Gasteiger partial charge in [-0.05, 0) is 22.3 Å². The van der Waals surface area contributed by atoms with E-state index in [1.54, 1.807) is 0 Å². The van der Waals surface area contributed by atoms with E-state index in [1.807, 2.05) is 0 Å². The van der Waals surface area contributed by atoms with E-state index in [0.717, 1.165) is 5.57 Å². The number of fused-ring (bicyclic) bond motifs is 3. The van der Waals surface area contributed by atoms with Crippen molar-refractivity contribution < 1.29 is 0 Å². The number of hydrogen-bond donors (Lipinski definition) is 0. The second kappa shape index (κ2) is 4.05. The van der Waals surface area contributed by atoms with Crippen LogP contribution in [0.3, 0.4) is 0 Å². The molecule has 0 nitrogen and oxygen atoms in total. The molecule has 0 aliphatic heterocycles. The van der Waals surface area contributed by atoms with Gasteiger partial charge in [-0.1, -0.05) is 60.7 Å². The van der Waals surface area contributed by atoms with Crippen molar-refractivity contribution in [2.24, 2.45) is 0 Å². The van der Waals surface area contributed by atoms with Crippen molar-refractivity contribution in [3.8, 4) is 11.1 Å². The molecule has 1 aliphatic rings. The second-order valence-electron chi connectivity index (χ2n) is 4.40. The van der Waals surface area contributed by atoms with Crippen molar-refractivity contribution in [3.63, 3.8) is 0 Å². The molecule has 0 bridgehead atoms. The zero-order valence-corrected chi connectivity index (χ0v) is 10.2. The molecule has 17 heavy (non-hydrogen) atoms. The van der Waals surface area contributed by atoms with Gasteiger partial charge < -0.3 is 0 Å². The summed E-state index contributed by atoms with van der Waals surface area (Å²) in [5, 5.41) is 0. The van der Waals surface area contributed by atoms with E-state index < -0.39 is 0 Å². The fourth-order valence-electron chi connectivity index (χ4n) is 2.67. The molecule has 0 spiro atoms. The zero-order valence-electron chi connectivity index (χ0n) is 9.49. The molecule has 0 saturated carbocycles. The molecule has 3 rings (SSSR count). The molecule has 0 unspecified atom stereocenters. The number of hydrogen-bond acceptors (Lipinski definition) is 0. The van der Waals surface area contributed by atoms with E-state index in [-0.39, 0.29) is 5.92 Å². The van der Waals surface area contributed by atoms with Gasteiger partial charge in [-0.15, -0.1) is 11.6 Å². The third-order valence-corrected chi connectivity index (χ3v) is 3.76. The zero-order chi connectivity index (χ0) is 11.8. The van der Waals surface area contributed by atoms with Gasteiger partial charge in [0.2, 0.25) is 0 Å². The van der Waals surface area contributed by atoms with Gasteiger partial charge in [-0.2, -0.15) is 0 Å². The summed E-state index contributed by atoms with van der Waals surface area (Å²) in [5.74, 6) is 0.771. The highest BCUT2D eigenvalue weighted by Crippen LogP contribution is 2.47. The first kappa shape index (κ1) is 10.6. The van der Waals surface area contributed by atoms with Crippen LogP contribution in [0, 0.1) is 0 Å². The molecule has 0 aromatic heterocycles. The van der Waals surface area contributed by atoms with Crippen LogP contribution in [-0.2, 0) is 0 Å².